The zero-order valence-electron chi connectivity index (χ0n) is 19.5. The molecule has 2 amide bonds. The maximum absolute atomic E-state index is 13.2. The molecular formula is C27H35N3O3. The molecule has 0 radical (unpaired) electrons. The first-order valence-electron chi connectivity index (χ1n) is 12.2. The molecule has 0 unspecified atom stereocenters. The summed E-state index contributed by atoms with van der Waals surface area (Å²) in [6.45, 7) is 2.90. The lowest BCUT2D eigenvalue weighted by molar-refractivity contribution is -0.123. The number of hydrogen-bond donors (Lipinski definition) is 2. The van der Waals surface area contributed by atoms with Crippen LogP contribution in [0.5, 0.6) is 5.75 Å². The second-order valence-electron chi connectivity index (χ2n) is 9.21. The minimum Gasteiger partial charge on any atom is -0.497 e. The largest absolute Gasteiger partial charge is 0.497 e. The highest BCUT2D eigenvalue weighted by atomic mass is 16.5. The first-order chi connectivity index (χ1) is 16.1. The smallest absolute Gasteiger partial charge is 0.252 e. The van der Waals surface area contributed by atoms with E-state index in [0.717, 1.165) is 37.5 Å². The molecule has 6 nitrogen and oxygen atoms in total. The first-order valence-corrected chi connectivity index (χ1v) is 12.2. The van der Waals surface area contributed by atoms with Crippen LogP contribution in [0, 0.1) is 5.92 Å². The van der Waals surface area contributed by atoms with E-state index in [1.807, 2.05) is 30.3 Å². The maximum Gasteiger partial charge on any atom is 0.252 e. The molecule has 1 saturated heterocycles. The molecule has 0 aromatic heterocycles. The Kier molecular flexibility index (Phi) is 8.00. The van der Waals surface area contributed by atoms with Crippen molar-refractivity contribution in [1.29, 1.82) is 0 Å². The van der Waals surface area contributed by atoms with Crippen molar-refractivity contribution in [3.8, 4) is 5.75 Å². The number of carbonyl (C=O) groups is 2. The van der Waals surface area contributed by atoms with Crippen molar-refractivity contribution in [3.05, 3.63) is 65.7 Å². The van der Waals surface area contributed by atoms with Crippen LogP contribution in [0.1, 0.15) is 60.5 Å². The van der Waals surface area contributed by atoms with Crippen molar-refractivity contribution < 1.29 is 14.3 Å². The van der Waals surface area contributed by atoms with E-state index in [-0.39, 0.29) is 11.8 Å². The van der Waals surface area contributed by atoms with E-state index < -0.39 is 6.04 Å². The van der Waals surface area contributed by atoms with Crippen molar-refractivity contribution >= 4 is 11.8 Å². The Morgan fingerprint density at radius 2 is 1.64 bits per heavy atom. The van der Waals surface area contributed by atoms with Gasteiger partial charge in [-0.25, -0.2) is 0 Å². The van der Waals surface area contributed by atoms with Gasteiger partial charge in [0.15, 0.2) is 0 Å². The van der Waals surface area contributed by atoms with Crippen LogP contribution in [0.2, 0.25) is 0 Å². The summed E-state index contributed by atoms with van der Waals surface area (Å²) >= 11 is 0. The van der Waals surface area contributed by atoms with Gasteiger partial charge in [-0.3, -0.25) is 9.59 Å². The van der Waals surface area contributed by atoms with E-state index >= 15 is 0 Å². The van der Waals surface area contributed by atoms with Crippen molar-refractivity contribution in [2.24, 2.45) is 5.92 Å². The van der Waals surface area contributed by atoms with Gasteiger partial charge in [0.2, 0.25) is 5.91 Å². The van der Waals surface area contributed by atoms with Gasteiger partial charge >= 0.3 is 0 Å². The lowest BCUT2D eigenvalue weighted by atomic mass is 9.95. The summed E-state index contributed by atoms with van der Waals surface area (Å²) in [5.41, 5.74) is 1.26. The second kappa shape index (κ2) is 11.3. The molecule has 4 rings (SSSR count). The third-order valence-corrected chi connectivity index (χ3v) is 7.08. The Bertz CT molecular complexity index is 902. The number of nitrogens with zero attached hydrogens (tertiary/aromatic N) is 1. The van der Waals surface area contributed by atoms with Crippen molar-refractivity contribution in [2.75, 3.05) is 26.7 Å². The molecule has 1 atom stereocenters. The maximum atomic E-state index is 13.2. The fourth-order valence-corrected chi connectivity index (χ4v) is 5.04. The molecule has 2 fully saturated rings. The standard InChI is InChI=1S/C27H35N3O3/c1-33-24-13-11-22(12-14-24)26(31)29-25(21-7-3-2-4-8-21)27(32)28-19-20-15-17-30(18-16-20)23-9-5-6-10-23/h2-4,7-8,11-14,20,23,25H,5-6,9-10,15-19H2,1H3,(H,28,32)(H,29,31)/t25-/m1/s1. The van der Waals surface area contributed by atoms with E-state index in [4.69, 9.17) is 4.74 Å². The molecule has 2 aliphatic rings. The lowest BCUT2D eigenvalue weighted by Crippen LogP contribution is -2.45. The molecule has 1 saturated carbocycles. The van der Waals surface area contributed by atoms with E-state index in [1.54, 1.807) is 31.4 Å². The zero-order valence-corrected chi connectivity index (χ0v) is 19.5. The zero-order chi connectivity index (χ0) is 23.0. The summed E-state index contributed by atoms with van der Waals surface area (Å²) in [6, 6.07) is 16.3. The van der Waals surface area contributed by atoms with Crippen LogP contribution in [0.4, 0.5) is 0 Å². The fraction of sp³-hybridized carbons (Fsp3) is 0.481. The molecule has 1 aliphatic carbocycles. The number of methoxy groups -OCH3 is 1. The van der Waals surface area contributed by atoms with Gasteiger partial charge in [-0.2, -0.15) is 0 Å². The Hall–Kier alpha value is -2.86. The molecule has 2 aromatic carbocycles. The topological polar surface area (TPSA) is 70.7 Å². The third kappa shape index (κ3) is 6.14. The SMILES string of the molecule is COc1ccc(C(=O)N[C@@H](C(=O)NCC2CCN(C3CCCC3)CC2)c2ccccc2)cc1. The van der Waals surface area contributed by atoms with E-state index in [9.17, 15) is 9.59 Å². The first kappa shape index (κ1) is 23.3. The summed E-state index contributed by atoms with van der Waals surface area (Å²) in [5.74, 6) is 0.719. The number of benzene rings is 2. The van der Waals surface area contributed by atoms with Gasteiger partial charge in [0.25, 0.3) is 5.91 Å². The Labute approximate surface area is 196 Å². The van der Waals surface area contributed by atoms with Gasteiger partial charge < -0.3 is 20.3 Å². The lowest BCUT2D eigenvalue weighted by Gasteiger charge is -2.36. The van der Waals surface area contributed by atoms with Gasteiger partial charge in [-0.15, -0.1) is 0 Å². The van der Waals surface area contributed by atoms with Crippen LogP contribution in [0.3, 0.4) is 0 Å². The summed E-state index contributed by atoms with van der Waals surface area (Å²) in [6.07, 6.45) is 7.64. The van der Waals surface area contributed by atoms with E-state index in [2.05, 4.69) is 15.5 Å². The number of ether oxygens (including phenoxy) is 1. The highest BCUT2D eigenvalue weighted by Gasteiger charge is 2.28. The number of likely N-dealkylation sites (tertiary alicyclic amines) is 1. The van der Waals surface area contributed by atoms with Gasteiger partial charge in [-0.05, 0) is 74.5 Å². The number of carbonyl (C=O) groups excluding carboxylic acids is 2. The van der Waals surface area contributed by atoms with Crippen LogP contribution >= 0.6 is 0 Å². The normalized spacial score (nSPS) is 18.6. The minimum atomic E-state index is -0.737. The predicted octanol–water partition coefficient (Wildman–Crippen LogP) is 3.94. The van der Waals surface area contributed by atoms with Crippen LogP contribution in [0.15, 0.2) is 54.6 Å². The van der Waals surface area contributed by atoms with Gasteiger partial charge in [-0.1, -0.05) is 43.2 Å². The molecule has 2 aromatic rings. The van der Waals surface area contributed by atoms with Crippen molar-refractivity contribution in [2.45, 2.75) is 50.6 Å². The monoisotopic (exact) mass is 449 g/mol. The molecule has 0 spiro atoms. The van der Waals surface area contributed by atoms with E-state index in [0.29, 0.717) is 23.8 Å². The second-order valence-corrected chi connectivity index (χ2v) is 9.21. The van der Waals surface area contributed by atoms with Crippen molar-refractivity contribution in [1.82, 2.24) is 15.5 Å². The number of amides is 2. The van der Waals surface area contributed by atoms with Gasteiger partial charge in [0.1, 0.15) is 11.8 Å². The predicted molar refractivity (Wildman–Crippen MR) is 129 cm³/mol. The molecule has 176 valence electrons. The number of nitrogens with one attached hydrogen (secondary N) is 2. The molecular weight excluding hydrogens is 414 g/mol. The van der Waals surface area contributed by atoms with Crippen LogP contribution < -0.4 is 15.4 Å². The summed E-state index contributed by atoms with van der Waals surface area (Å²) in [4.78, 5) is 28.7. The summed E-state index contributed by atoms with van der Waals surface area (Å²) in [5, 5.41) is 6.04. The number of hydrogen-bond acceptors (Lipinski definition) is 4. The van der Waals surface area contributed by atoms with Crippen LogP contribution in [0.25, 0.3) is 0 Å². The molecule has 33 heavy (non-hydrogen) atoms. The van der Waals surface area contributed by atoms with Crippen molar-refractivity contribution in [3.63, 3.8) is 0 Å². The molecule has 6 heteroatoms. The summed E-state index contributed by atoms with van der Waals surface area (Å²) < 4.78 is 5.16. The molecule has 2 N–H and O–H groups in total. The molecule has 1 aliphatic heterocycles. The molecule has 0 bridgehead atoms. The highest BCUT2D eigenvalue weighted by Crippen LogP contribution is 2.27. The fourth-order valence-electron chi connectivity index (χ4n) is 5.04. The van der Waals surface area contributed by atoms with Gasteiger partial charge in [0.05, 0.1) is 7.11 Å². The molecule has 1 heterocycles. The summed E-state index contributed by atoms with van der Waals surface area (Å²) in [7, 11) is 1.59. The van der Waals surface area contributed by atoms with Gasteiger partial charge in [0, 0.05) is 18.2 Å². The quantitative estimate of drug-likeness (QED) is 0.641. The number of piperidine rings is 1. The average Bonchev–Trinajstić information content (AvgIpc) is 3.42. The van der Waals surface area contributed by atoms with Crippen LogP contribution in [-0.4, -0.2) is 49.5 Å². The van der Waals surface area contributed by atoms with Crippen LogP contribution in [-0.2, 0) is 4.79 Å². The average molecular weight is 450 g/mol. The Balaban J connectivity index is 1.34. The Morgan fingerprint density at radius 1 is 0.970 bits per heavy atom. The highest BCUT2D eigenvalue weighted by molar-refractivity contribution is 5.98. The third-order valence-electron chi connectivity index (χ3n) is 7.08. The van der Waals surface area contributed by atoms with E-state index in [1.165, 1.54) is 25.7 Å². The Morgan fingerprint density at radius 3 is 2.27 bits per heavy atom. The number of rotatable bonds is 8. The minimum absolute atomic E-state index is 0.165.